The summed E-state index contributed by atoms with van der Waals surface area (Å²) >= 11 is 0. The standard InChI is InChI=1S/C13H18N4/c1-10(2)17-8-6-13(16-17)15-11(3)12-5-4-7-14-9-12/h4-11H,1-3H3,(H,15,16). The van der Waals surface area contributed by atoms with Gasteiger partial charge in [-0.1, -0.05) is 6.07 Å². The van der Waals surface area contributed by atoms with E-state index in [1.165, 1.54) is 0 Å². The summed E-state index contributed by atoms with van der Waals surface area (Å²) in [7, 11) is 0. The van der Waals surface area contributed by atoms with E-state index in [2.05, 4.69) is 42.2 Å². The maximum absolute atomic E-state index is 4.46. The molecule has 4 nitrogen and oxygen atoms in total. The molecule has 1 atom stereocenters. The Morgan fingerprint density at radius 3 is 2.65 bits per heavy atom. The molecule has 0 fully saturated rings. The first-order chi connectivity index (χ1) is 8.16. The second-order valence-electron chi connectivity index (χ2n) is 4.43. The fraction of sp³-hybridized carbons (Fsp3) is 0.385. The maximum atomic E-state index is 4.46. The number of nitrogens with one attached hydrogen (secondary N) is 1. The van der Waals surface area contributed by atoms with Crippen molar-refractivity contribution in [3.63, 3.8) is 0 Å². The lowest BCUT2D eigenvalue weighted by Crippen LogP contribution is -2.08. The van der Waals surface area contributed by atoms with Crippen molar-refractivity contribution >= 4 is 5.82 Å². The van der Waals surface area contributed by atoms with Gasteiger partial charge in [0, 0.05) is 30.7 Å². The lowest BCUT2D eigenvalue weighted by atomic mass is 10.1. The minimum atomic E-state index is 0.208. The predicted molar refractivity (Wildman–Crippen MR) is 68.9 cm³/mol. The second kappa shape index (κ2) is 4.99. The molecule has 2 heterocycles. The smallest absolute Gasteiger partial charge is 0.148 e. The van der Waals surface area contributed by atoms with E-state index >= 15 is 0 Å². The minimum absolute atomic E-state index is 0.208. The Hall–Kier alpha value is -1.84. The van der Waals surface area contributed by atoms with Gasteiger partial charge in [0.25, 0.3) is 0 Å². The molecule has 2 aromatic heterocycles. The van der Waals surface area contributed by atoms with Crippen molar-refractivity contribution in [1.82, 2.24) is 14.8 Å². The van der Waals surface area contributed by atoms with Gasteiger partial charge in [0.2, 0.25) is 0 Å². The van der Waals surface area contributed by atoms with Crippen LogP contribution in [0.4, 0.5) is 5.82 Å². The summed E-state index contributed by atoms with van der Waals surface area (Å²) in [4.78, 5) is 4.12. The molecule has 17 heavy (non-hydrogen) atoms. The third-order valence-electron chi connectivity index (χ3n) is 2.69. The van der Waals surface area contributed by atoms with Gasteiger partial charge >= 0.3 is 0 Å². The van der Waals surface area contributed by atoms with Crippen molar-refractivity contribution in [2.45, 2.75) is 32.9 Å². The second-order valence-corrected chi connectivity index (χ2v) is 4.43. The number of hydrogen-bond donors (Lipinski definition) is 1. The van der Waals surface area contributed by atoms with E-state index in [1.807, 2.05) is 29.2 Å². The van der Waals surface area contributed by atoms with E-state index in [1.54, 1.807) is 6.20 Å². The van der Waals surface area contributed by atoms with E-state index in [4.69, 9.17) is 0 Å². The van der Waals surface area contributed by atoms with Gasteiger partial charge in [-0.25, -0.2) is 0 Å². The molecule has 2 rings (SSSR count). The van der Waals surface area contributed by atoms with E-state index < -0.39 is 0 Å². The number of rotatable bonds is 4. The molecule has 0 spiro atoms. The van der Waals surface area contributed by atoms with Crippen LogP contribution in [0.1, 0.15) is 38.4 Å². The van der Waals surface area contributed by atoms with Crippen LogP contribution in [0.2, 0.25) is 0 Å². The Morgan fingerprint density at radius 1 is 1.24 bits per heavy atom. The van der Waals surface area contributed by atoms with E-state index in [0.29, 0.717) is 6.04 Å². The van der Waals surface area contributed by atoms with Gasteiger partial charge in [0.1, 0.15) is 5.82 Å². The molecule has 0 aliphatic heterocycles. The summed E-state index contributed by atoms with van der Waals surface area (Å²) < 4.78 is 1.94. The average molecular weight is 230 g/mol. The molecule has 0 amide bonds. The number of hydrogen-bond acceptors (Lipinski definition) is 3. The number of aromatic nitrogens is 3. The van der Waals surface area contributed by atoms with Crippen molar-refractivity contribution in [1.29, 1.82) is 0 Å². The summed E-state index contributed by atoms with van der Waals surface area (Å²) in [5.74, 6) is 0.898. The van der Waals surface area contributed by atoms with Crippen LogP contribution in [0.25, 0.3) is 0 Å². The van der Waals surface area contributed by atoms with E-state index in [9.17, 15) is 0 Å². The molecule has 0 aromatic carbocycles. The maximum Gasteiger partial charge on any atom is 0.148 e. The normalized spacial score (nSPS) is 12.7. The van der Waals surface area contributed by atoms with E-state index in [-0.39, 0.29) is 6.04 Å². The molecule has 1 unspecified atom stereocenters. The van der Waals surface area contributed by atoms with Gasteiger partial charge in [-0.05, 0) is 32.4 Å². The highest BCUT2D eigenvalue weighted by atomic mass is 15.3. The first-order valence-electron chi connectivity index (χ1n) is 5.88. The first-order valence-corrected chi connectivity index (χ1v) is 5.88. The van der Waals surface area contributed by atoms with Gasteiger partial charge < -0.3 is 5.32 Å². The minimum Gasteiger partial charge on any atom is -0.362 e. The predicted octanol–water partition coefficient (Wildman–Crippen LogP) is 3.03. The molecule has 1 N–H and O–H groups in total. The quantitative estimate of drug-likeness (QED) is 0.877. The third-order valence-corrected chi connectivity index (χ3v) is 2.69. The Bertz CT molecular complexity index is 461. The van der Waals surface area contributed by atoms with Crippen LogP contribution in [0, 0.1) is 0 Å². The average Bonchev–Trinajstić information content (AvgIpc) is 2.79. The van der Waals surface area contributed by atoms with Crippen molar-refractivity contribution in [3.8, 4) is 0 Å². The third kappa shape index (κ3) is 2.84. The zero-order valence-corrected chi connectivity index (χ0v) is 10.5. The monoisotopic (exact) mass is 230 g/mol. The Balaban J connectivity index is 2.05. The molecule has 0 saturated heterocycles. The van der Waals surface area contributed by atoms with Gasteiger partial charge in [-0.3, -0.25) is 9.67 Å². The van der Waals surface area contributed by atoms with Gasteiger partial charge in [0.05, 0.1) is 6.04 Å². The molecule has 90 valence electrons. The van der Waals surface area contributed by atoms with Gasteiger partial charge in [-0.2, -0.15) is 5.10 Å². The van der Waals surface area contributed by atoms with Gasteiger partial charge in [0.15, 0.2) is 0 Å². The largest absolute Gasteiger partial charge is 0.362 e. The van der Waals surface area contributed by atoms with Crippen LogP contribution in [0.5, 0.6) is 0 Å². The summed E-state index contributed by atoms with van der Waals surface area (Å²) in [5.41, 5.74) is 1.16. The number of nitrogens with zero attached hydrogens (tertiary/aromatic N) is 3. The highest BCUT2D eigenvalue weighted by Gasteiger charge is 2.07. The highest BCUT2D eigenvalue weighted by molar-refractivity contribution is 5.36. The lowest BCUT2D eigenvalue weighted by Gasteiger charge is -2.13. The first kappa shape index (κ1) is 11.6. The Kier molecular flexibility index (Phi) is 3.42. The SMILES string of the molecule is CC(Nc1ccn(C(C)C)n1)c1cccnc1. The highest BCUT2D eigenvalue weighted by Crippen LogP contribution is 2.17. The fourth-order valence-electron chi connectivity index (χ4n) is 1.64. The Labute approximate surface area is 102 Å². The van der Waals surface area contributed by atoms with E-state index in [0.717, 1.165) is 11.4 Å². The molecule has 0 aliphatic rings. The number of pyridine rings is 1. The fourth-order valence-corrected chi connectivity index (χ4v) is 1.64. The van der Waals surface area contributed by atoms with Crippen LogP contribution in [-0.2, 0) is 0 Å². The summed E-state index contributed by atoms with van der Waals surface area (Å²) in [6, 6.07) is 6.59. The molecule has 0 aliphatic carbocycles. The van der Waals surface area contributed by atoms with Crippen molar-refractivity contribution in [2.24, 2.45) is 0 Å². The molecular formula is C13H18N4. The summed E-state index contributed by atoms with van der Waals surface area (Å²) in [6.07, 6.45) is 5.64. The molecule has 2 aromatic rings. The summed E-state index contributed by atoms with van der Waals surface area (Å²) in [6.45, 7) is 6.33. The van der Waals surface area contributed by atoms with Crippen LogP contribution in [0.3, 0.4) is 0 Å². The zero-order valence-electron chi connectivity index (χ0n) is 10.5. The van der Waals surface area contributed by atoms with Crippen LogP contribution < -0.4 is 5.32 Å². The van der Waals surface area contributed by atoms with Crippen LogP contribution in [0.15, 0.2) is 36.8 Å². The molecule has 0 saturated carbocycles. The zero-order chi connectivity index (χ0) is 12.3. The van der Waals surface area contributed by atoms with Gasteiger partial charge in [-0.15, -0.1) is 0 Å². The lowest BCUT2D eigenvalue weighted by molar-refractivity contribution is 0.533. The van der Waals surface area contributed by atoms with Crippen molar-refractivity contribution < 1.29 is 0 Å². The number of anilines is 1. The molecule has 0 bridgehead atoms. The van der Waals surface area contributed by atoms with Crippen molar-refractivity contribution in [3.05, 3.63) is 42.4 Å². The summed E-state index contributed by atoms with van der Waals surface area (Å²) in [5, 5.41) is 7.82. The van der Waals surface area contributed by atoms with Crippen LogP contribution >= 0.6 is 0 Å². The van der Waals surface area contributed by atoms with Crippen molar-refractivity contribution in [2.75, 3.05) is 5.32 Å². The Morgan fingerprint density at radius 2 is 2.06 bits per heavy atom. The topological polar surface area (TPSA) is 42.7 Å². The van der Waals surface area contributed by atoms with Crippen LogP contribution in [-0.4, -0.2) is 14.8 Å². The molecular weight excluding hydrogens is 212 g/mol. The molecule has 0 radical (unpaired) electrons. The molecule has 4 heteroatoms.